The minimum Gasteiger partial charge on any atom is -0.357 e. The standard InChI is InChI=1S/C11H17BrN4O2/c1-4-16(5-2)11(18)7(3)15-9-8(12)10(17)14-6-13-9/h6-7H,4-5H2,1-3H3,(H2,13,14,15,17). The summed E-state index contributed by atoms with van der Waals surface area (Å²) in [6, 6.07) is -0.435. The van der Waals surface area contributed by atoms with Crippen LogP contribution in [0.2, 0.25) is 0 Å². The number of H-pyrrole nitrogens is 1. The van der Waals surface area contributed by atoms with E-state index in [0.717, 1.165) is 0 Å². The quantitative estimate of drug-likeness (QED) is 0.855. The first kappa shape index (κ1) is 14.7. The van der Waals surface area contributed by atoms with Gasteiger partial charge in [0.25, 0.3) is 5.56 Å². The molecule has 1 amide bonds. The van der Waals surface area contributed by atoms with Crippen LogP contribution in [-0.2, 0) is 4.79 Å². The van der Waals surface area contributed by atoms with Gasteiger partial charge in [0.05, 0.1) is 6.33 Å². The Labute approximate surface area is 114 Å². The third-order valence-corrected chi connectivity index (χ3v) is 3.33. The van der Waals surface area contributed by atoms with E-state index >= 15 is 0 Å². The average molecular weight is 317 g/mol. The number of anilines is 1. The highest BCUT2D eigenvalue weighted by molar-refractivity contribution is 9.10. The molecule has 0 saturated heterocycles. The minimum absolute atomic E-state index is 0.0195. The Morgan fingerprint density at radius 3 is 2.72 bits per heavy atom. The van der Waals surface area contributed by atoms with E-state index in [-0.39, 0.29) is 11.5 Å². The third-order valence-electron chi connectivity index (χ3n) is 2.60. The molecule has 1 atom stereocenters. The van der Waals surface area contributed by atoms with Gasteiger partial charge in [-0.3, -0.25) is 9.59 Å². The van der Waals surface area contributed by atoms with E-state index in [1.165, 1.54) is 6.33 Å². The molecule has 1 aromatic heterocycles. The number of carbonyl (C=O) groups excluding carboxylic acids is 1. The van der Waals surface area contributed by atoms with Crippen molar-refractivity contribution in [2.24, 2.45) is 0 Å². The molecular weight excluding hydrogens is 300 g/mol. The number of hydrogen-bond donors (Lipinski definition) is 2. The van der Waals surface area contributed by atoms with Gasteiger partial charge in [-0.15, -0.1) is 0 Å². The van der Waals surface area contributed by atoms with Gasteiger partial charge in [-0.1, -0.05) is 0 Å². The number of amides is 1. The summed E-state index contributed by atoms with van der Waals surface area (Å²) >= 11 is 3.14. The van der Waals surface area contributed by atoms with Gasteiger partial charge >= 0.3 is 0 Å². The second kappa shape index (κ2) is 6.53. The molecule has 0 fully saturated rings. The fraction of sp³-hybridized carbons (Fsp3) is 0.545. The molecular formula is C11H17BrN4O2. The molecule has 0 bridgehead atoms. The minimum atomic E-state index is -0.435. The summed E-state index contributed by atoms with van der Waals surface area (Å²) in [6.45, 7) is 6.91. The summed E-state index contributed by atoms with van der Waals surface area (Å²) in [4.78, 5) is 31.5. The molecule has 18 heavy (non-hydrogen) atoms. The van der Waals surface area contributed by atoms with Gasteiger partial charge in [-0.2, -0.15) is 0 Å². The lowest BCUT2D eigenvalue weighted by Gasteiger charge is -2.23. The maximum atomic E-state index is 12.0. The Morgan fingerprint density at radius 2 is 2.17 bits per heavy atom. The van der Waals surface area contributed by atoms with Gasteiger partial charge in [-0.25, -0.2) is 4.98 Å². The van der Waals surface area contributed by atoms with Gasteiger partial charge < -0.3 is 15.2 Å². The van der Waals surface area contributed by atoms with Gasteiger partial charge in [0.1, 0.15) is 16.3 Å². The molecule has 2 N–H and O–H groups in total. The first-order valence-corrected chi connectivity index (χ1v) is 6.59. The van der Waals surface area contributed by atoms with E-state index in [1.54, 1.807) is 11.8 Å². The molecule has 7 heteroatoms. The number of aromatic amines is 1. The highest BCUT2D eigenvalue weighted by Crippen LogP contribution is 2.14. The molecule has 0 aromatic carbocycles. The number of halogens is 1. The molecule has 1 heterocycles. The van der Waals surface area contributed by atoms with Crippen LogP contribution in [0.1, 0.15) is 20.8 Å². The molecule has 1 aromatic rings. The zero-order chi connectivity index (χ0) is 13.7. The van der Waals surface area contributed by atoms with Crippen molar-refractivity contribution in [1.82, 2.24) is 14.9 Å². The molecule has 0 aliphatic heterocycles. The summed E-state index contributed by atoms with van der Waals surface area (Å²) in [6.07, 6.45) is 1.30. The maximum Gasteiger partial charge on any atom is 0.267 e. The molecule has 0 aliphatic carbocycles. The van der Waals surface area contributed by atoms with Crippen molar-refractivity contribution in [3.63, 3.8) is 0 Å². The number of likely N-dealkylation sites (N-methyl/N-ethyl adjacent to an activating group) is 1. The highest BCUT2D eigenvalue weighted by Gasteiger charge is 2.19. The molecule has 0 spiro atoms. The lowest BCUT2D eigenvalue weighted by atomic mass is 10.2. The Bertz CT molecular complexity index is 470. The van der Waals surface area contributed by atoms with Crippen LogP contribution >= 0.6 is 15.9 Å². The Balaban J connectivity index is 2.81. The van der Waals surface area contributed by atoms with E-state index in [4.69, 9.17) is 0 Å². The van der Waals surface area contributed by atoms with Crippen molar-refractivity contribution in [1.29, 1.82) is 0 Å². The Kier molecular flexibility index (Phi) is 5.33. The van der Waals surface area contributed by atoms with E-state index in [1.807, 2.05) is 13.8 Å². The van der Waals surface area contributed by atoms with Crippen LogP contribution < -0.4 is 10.9 Å². The number of rotatable bonds is 5. The van der Waals surface area contributed by atoms with Crippen LogP contribution in [0.15, 0.2) is 15.6 Å². The normalized spacial score (nSPS) is 12.0. The molecule has 0 saturated carbocycles. The molecule has 6 nitrogen and oxygen atoms in total. The summed E-state index contributed by atoms with van der Waals surface area (Å²) in [7, 11) is 0. The van der Waals surface area contributed by atoms with Crippen LogP contribution in [0.4, 0.5) is 5.82 Å². The number of nitrogens with zero attached hydrogens (tertiary/aromatic N) is 2. The summed E-state index contributed by atoms with van der Waals surface area (Å²) in [5.41, 5.74) is -0.282. The van der Waals surface area contributed by atoms with Crippen LogP contribution in [0.3, 0.4) is 0 Å². The molecule has 0 aliphatic rings. The van der Waals surface area contributed by atoms with Crippen LogP contribution in [0.25, 0.3) is 0 Å². The van der Waals surface area contributed by atoms with E-state index in [9.17, 15) is 9.59 Å². The van der Waals surface area contributed by atoms with Crippen molar-refractivity contribution in [3.05, 3.63) is 21.2 Å². The largest absolute Gasteiger partial charge is 0.357 e. The monoisotopic (exact) mass is 316 g/mol. The Hall–Kier alpha value is -1.37. The number of nitrogens with one attached hydrogen (secondary N) is 2. The van der Waals surface area contributed by atoms with E-state index in [2.05, 4.69) is 31.2 Å². The molecule has 1 unspecified atom stereocenters. The van der Waals surface area contributed by atoms with Gasteiger partial charge in [-0.05, 0) is 36.7 Å². The first-order valence-electron chi connectivity index (χ1n) is 5.79. The van der Waals surface area contributed by atoms with E-state index < -0.39 is 6.04 Å². The van der Waals surface area contributed by atoms with Gasteiger partial charge in [0, 0.05) is 13.1 Å². The van der Waals surface area contributed by atoms with E-state index in [0.29, 0.717) is 23.4 Å². The first-order chi connectivity index (χ1) is 8.51. The summed E-state index contributed by atoms with van der Waals surface area (Å²) < 4.78 is 0.296. The predicted octanol–water partition coefficient (Wildman–Crippen LogP) is 1.20. The smallest absolute Gasteiger partial charge is 0.267 e. The predicted molar refractivity (Wildman–Crippen MR) is 73.6 cm³/mol. The zero-order valence-electron chi connectivity index (χ0n) is 10.7. The summed E-state index contributed by atoms with van der Waals surface area (Å²) in [5, 5.41) is 2.93. The number of hydrogen-bond acceptors (Lipinski definition) is 4. The lowest BCUT2D eigenvalue weighted by Crippen LogP contribution is -2.41. The van der Waals surface area contributed by atoms with Gasteiger partial charge in [0.2, 0.25) is 5.91 Å². The lowest BCUT2D eigenvalue weighted by molar-refractivity contribution is -0.131. The molecule has 1 rings (SSSR count). The van der Waals surface area contributed by atoms with Gasteiger partial charge in [0.15, 0.2) is 0 Å². The van der Waals surface area contributed by atoms with Crippen LogP contribution in [-0.4, -0.2) is 39.9 Å². The van der Waals surface area contributed by atoms with Crippen molar-refractivity contribution in [2.75, 3.05) is 18.4 Å². The highest BCUT2D eigenvalue weighted by atomic mass is 79.9. The number of carbonyl (C=O) groups is 1. The second-order valence-electron chi connectivity index (χ2n) is 3.77. The molecule has 0 radical (unpaired) electrons. The fourth-order valence-corrected chi connectivity index (χ4v) is 1.89. The second-order valence-corrected chi connectivity index (χ2v) is 4.56. The fourth-order valence-electron chi connectivity index (χ4n) is 1.56. The molecule has 100 valence electrons. The van der Waals surface area contributed by atoms with Crippen molar-refractivity contribution < 1.29 is 4.79 Å². The van der Waals surface area contributed by atoms with Crippen LogP contribution in [0, 0.1) is 0 Å². The zero-order valence-corrected chi connectivity index (χ0v) is 12.2. The summed E-state index contributed by atoms with van der Waals surface area (Å²) in [5.74, 6) is 0.348. The third kappa shape index (κ3) is 3.32. The average Bonchev–Trinajstić information content (AvgIpc) is 2.36. The topological polar surface area (TPSA) is 78.1 Å². The Morgan fingerprint density at radius 1 is 1.56 bits per heavy atom. The van der Waals surface area contributed by atoms with Crippen LogP contribution in [0.5, 0.6) is 0 Å². The maximum absolute atomic E-state index is 12.0. The van der Waals surface area contributed by atoms with Crippen molar-refractivity contribution in [3.8, 4) is 0 Å². The van der Waals surface area contributed by atoms with Crippen molar-refractivity contribution in [2.45, 2.75) is 26.8 Å². The number of aromatic nitrogens is 2. The SMILES string of the molecule is CCN(CC)C(=O)C(C)Nc1nc[nH]c(=O)c1Br. The van der Waals surface area contributed by atoms with Crippen molar-refractivity contribution >= 4 is 27.7 Å².